The van der Waals surface area contributed by atoms with Crippen LogP contribution >= 0.6 is 0 Å². The van der Waals surface area contributed by atoms with Gasteiger partial charge in [-0.2, -0.15) is 0 Å². The first-order valence-corrected chi connectivity index (χ1v) is 8.37. The molecule has 2 aromatic rings. The number of hydrogen-bond acceptors (Lipinski definition) is 3. The van der Waals surface area contributed by atoms with E-state index in [-0.39, 0.29) is 11.2 Å². The quantitative estimate of drug-likeness (QED) is 0.823. The summed E-state index contributed by atoms with van der Waals surface area (Å²) in [5, 5.41) is 0. The number of ether oxygens (including phenoxy) is 1. The van der Waals surface area contributed by atoms with E-state index in [9.17, 15) is 4.79 Å². The van der Waals surface area contributed by atoms with Gasteiger partial charge >= 0.3 is 0 Å². The van der Waals surface area contributed by atoms with Crippen molar-refractivity contribution in [2.75, 3.05) is 7.11 Å². The lowest BCUT2D eigenvalue weighted by atomic mass is 9.71. The van der Waals surface area contributed by atoms with Gasteiger partial charge in [0, 0.05) is 17.5 Å². The van der Waals surface area contributed by atoms with Crippen LogP contribution in [0.5, 0.6) is 5.75 Å². The van der Waals surface area contributed by atoms with Gasteiger partial charge < -0.3 is 4.74 Å². The highest BCUT2D eigenvalue weighted by Gasteiger charge is 2.41. The van der Waals surface area contributed by atoms with E-state index in [0.717, 1.165) is 34.7 Å². The van der Waals surface area contributed by atoms with Gasteiger partial charge in [0.2, 0.25) is 0 Å². The van der Waals surface area contributed by atoms with Crippen molar-refractivity contribution in [3.8, 4) is 17.0 Å². The summed E-state index contributed by atoms with van der Waals surface area (Å²) in [6, 6.07) is 11.8. The fraction of sp³-hybridized carbons (Fsp3) is 0.400. The molecule has 0 amide bonds. The first-order valence-electron chi connectivity index (χ1n) is 8.37. The van der Waals surface area contributed by atoms with E-state index < -0.39 is 0 Å². The molecule has 4 rings (SSSR count). The number of ketones is 1. The lowest BCUT2D eigenvalue weighted by Crippen LogP contribution is -2.30. The van der Waals surface area contributed by atoms with Crippen LogP contribution < -0.4 is 4.74 Å². The average Bonchev–Trinajstić information content (AvgIpc) is 3.01. The molecule has 1 aromatic carbocycles. The first-order chi connectivity index (χ1) is 11.2. The molecule has 0 radical (unpaired) electrons. The molecular weight excluding hydrogens is 286 g/mol. The van der Waals surface area contributed by atoms with Crippen LogP contribution in [0.1, 0.15) is 48.2 Å². The van der Waals surface area contributed by atoms with Crippen LogP contribution in [0.15, 0.2) is 36.4 Å². The van der Waals surface area contributed by atoms with Gasteiger partial charge in [-0.1, -0.05) is 25.0 Å². The van der Waals surface area contributed by atoms with Crippen molar-refractivity contribution in [1.82, 2.24) is 4.98 Å². The molecule has 2 aliphatic rings. The van der Waals surface area contributed by atoms with E-state index >= 15 is 0 Å². The highest BCUT2D eigenvalue weighted by atomic mass is 16.5. The standard InChI is InChI=1S/C20H21NO2/c1-23-15-6-4-5-14(11-15)17-8-7-16-18(21-17)12-20(13-19(16)22)9-2-3-10-20/h4-8,11H,2-3,9-10,12-13H2,1H3. The SMILES string of the molecule is COc1cccc(-c2ccc3c(n2)CC2(CCCC2)CC3=O)c1. The molecule has 118 valence electrons. The van der Waals surface area contributed by atoms with E-state index in [4.69, 9.17) is 9.72 Å². The summed E-state index contributed by atoms with van der Waals surface area (Å²) in [6.45, 7) is 0. The molecule has 1 heterocycles. The molecule has 0 unspecified atom stereocenters. The predicted octanol–water partition coefficient (Wildman–Crippen LogP) is 4.45. The number of aromatic nitrogens is 1. The summed E-state index contributed by atoms with van der Waals surface area (Å²) in [5.74, 6) is 1.10. The molecule has 1 aromatic heterocycles. The fourth-order valence-corrected chi connectivity index (χ4v) is 4.17. The predicted molar refractivity (Wildman–Crippen MR) is 89.8 cm³/mol. The summed E-state index contributed by atoms with van der Waals surface area (Å²) in [7, 11) is 1.67. The molecule has 1 saturated carbocycles. The molecule has 2 aliphatic carbocycles. The second-order valence-corrected chi connectivity index (χ2v) is 6.91. The van der Waals surface area contributed by atoms with Crippen LogP contribution in [0.3, 0.4) is 0 Å². The van der Waals surface area contributed by atoms with Gasteiger partial charge in [-0.25, -0.2) is 0 Å². The van der Waals surface area contributed by atoms with E-state index in [1.807, 2.05) is 36.4 Å². The van der Waals surface area contributed by atoms with E-state index in [0.29, 0.717) is 6.42 Å². The zero-order valence-electron chi connectivity index (χ0n) is 13.5. The number of methoxy groups -OCH3 is 1. The minimum Gasteiger partial charge on any atom is -0.497 e. The van der Waals surface area contributed by atoms with Crippen molar-refractivity contribution in [1.29, 1.82) is 0 Å². The molecule has 0 N–H and O–H groups in total. The van der Waals surface area contributed by atoms with Crippen LogP contribution in [0.4, 0.5) is 0 Å². The average molecular weight is 307 g/mol. The normalized spacial score (nSPS) is 18.9. The van der Waals surface area contributed by atoms with Crippen molar-refractivity contribution < 1.29 is 9.53 Å². The van der Waals surface area contributed by atoms with Crippen molar-refractivity contribution in [2.24, 2.45) is 5.41 Å². The Hall–Kier alpha value is -2.16. The Kier molecular flexibility index (Phi) is 3.44. The third-order valence-electron chi connectivity index (χ3n) is 5.38. The number of carbonyl (C=O) groups is 1. The van der Waals surface area contributed by atoms with Crippen molar-refractivity contribution in [2.45, 2.75) is 38.5 Å². The summed E-state index contributed by atoms with van der Waals surface area (Å²) >= 11 is 0. The molecular formula is C20H21NO2. The second-order valence-electron chi connectivity index (χ2n) is 6.91. The van der Waals surface area contributed by atoms with Gasteiger partial charge in [-0.05, 0) is 48.9 Å². The molecule has 1 fully saturated rings. The van der Waals surface area contributed by atoms with E-state index in [1.54, 1.807) is 7.11 Å². The number of benzene rings is 1. The van der Waals surface area contributed by atoms with Crippen LogP contribution in [0, 0.1) is 5.41 Å². The van der Waals surface area contributed by atoms with E-state index in [1.165, 1.54) is 25.7 Å². The lowest BCUT2D eigenvalue weighted by Gasteiger charge is -2.33. The van der Waals surface area contributed by atoms with Crippen molar-refractivity contribution in [3.63, 3.8) is 0 Å². The van der Waals surface area contributed by atoms with Gasteiger partial charge in [0.15, 0.2) is 5.78 Å². The van der Waals surface area contributed by atoms with Crippen LogP contribution in [0.25, 0.3) is 11.3 Å². The second kappa shape index (κ2) is 5.48. The fourth-order valence-electron chi connectivity index (χ4n) is 4.17. The van der Waals surface area contributed by atoms with Crippen LogP contribution in [-0.2, 0) is 6.42 Å². The molecule has 3 heteroatoms. The maximum Gasteiger partial charge on any atom is 0.165 e. The summed E-state index contributed by atoms with van der Waals surface area (Å²) in [5.41, 5.74) is 3.96. The third-order valence-corrected chi connectivity index (χ3v) is 5.38. The number of fused-ring (bicyclic) bond motifs is 1. The molecule has 0 atom stereocenters. The number of nitrogens with zero attached hydrogens (tertiary/aromatic N) is 1. The lowest BCUT2D eigenvalue weighted by molar-refractivity contribution is 0.0885. The minimum absolute atomic E-state index is 0.185. The van der Waals surface area contributed by atoms with Gasteiger partial charge in [0.1, 0.15) is 5.75 Å². The number of Topliss-reactive ketones (excluding diaryl/α,β-unsaturated/α-hetero) is 1. The monoisotopic (exact) mass is 307 g/mol. The third kappa shape index (κ3) is 2.54. The molecule has 0 saturated heterocycles. The Labute approximate surface area is 136 Å². The van der Waals surface area contributed by atoms with Crippen molar-refractivity contribution >= 4 is 5.78 Å². The Morgan fingerprint density at radius 3 is 2.70 bits per heavy atom. The number of hydrogen-bond donors (Lipinski definition) is 0. The van der Waals surface area contributed by atoms with Crippen molar-refractivity contribution in [3.05, 3.63) is 47.7 Å². The summed E-state index contributed by atoms with van der Waals surface area (Å²) in [6.07, 6.45) is 6.49. The maximum atomic E-state index is 12.5. The Morgan fingerprint density at radius 2 is 1.91 bits per heavy atom. The highest BCUT2D eigenvalue weighted by Crippen LogP contribution is 2.47. The number of rotatable bonds is 2. The highest BCUT2D eigenvalue weighted by molar-refractivity contribution is 5.99. The minimum atomic E-state index is 0.185. The number of pyridine rings is 1. The molecule has 23 heavy (non-hydrogen) atoms. The summed E-state index contributed by atoms with van der Waals surface area (Å²) in [4.78, 5) is 17.4. The largest absolute Gasteiger partial charge is 0.497 e. The smallest absolute Gasteiger partial charge is 0.165 e. The zero-order chi connectivity index (χ0) is 15.9. The van der Waals surface area contributed by atoms with E-state index in [2.05, 4.69) is 0 Å². The number of carbonyl (C=O) groups excluding carboxylic acids is 1. The molecule has 0 bridgehead atoms. The topological polar surface area (TPSA) is 39.2 Å². The molecule has 1 spiro atoms. The maximum absolute atomic E-state index is 12.5. The molecule has 0 aliphatic heterocycles. The van der Waals surface area contributed by atoms with Crippen LogP contribution in [0.2, 0.25) is 0 Å². The Balaban J connectivity index is 1.74. The van der Waals surface area contributed by atoms with Gasteiger partial charge in [0.05, 0.1) is 18.5 Å². The Bertz CT molecular complexity index is 760. The van der Waals surface area contributed by atoms with Gasteiger partial charge in [-0.3, -0.25) is 9.78 Å². The van der Waals surface area contributed by atoms with Gasteiger partial charge in [0.25, 0.3) is 0 Å². The van der Waals surface area contributed by atoms with Crippen LogP contribution in [-0.4, -0.2) is 17.9 Å². The first kappa shape index (κ1) is 14.4. The molecule has 3 nitrogen and oxygen atoms in total. The Morgan fingerprint density at radius 1 is 1.09 bits per heavy atom. The van der Waals surface area contributed by atoms with Gasteiger partial charge in [-0.15, -0.1) is 0 Å². The summed E-state index contributed by atoms with van der Waals surface area (Å²) < 4.78 is 5.30. The zero-order valence-corrected chi connectivity index (χ0v) is 13.5.